The maximum atomic E-state index is 11.4. The van der Waals surface area contributed by atoms with E-state index in [1.807, 2.05) is 20.8 Å². The molecule has 19 heavy (non-hydrogen) atoms. The molecule has 0 saturated carbocycles. The standard InChI is InChI=1S/C13H27NO5/c1-13(2,3)19-7-4-12(16)14-5-8-17-10-11-18-9-6-15/h15H,4-11H2,1-3H3,(H,14,16). The van der Waals surface area contributed by atoms with Crippen LogP contribution in [0.1, 0.15) is 27.2 Å². The molecule has 0 unspecified atom stereocenters. The van der Waals surface area contributed by atoms with E-state index in [9.17, 15) is 4.79 Å². The van der Waals surface area contributed by atoms with Crippen molar-refractivity contribution in [1.29, 1.82) is 0 Å². The predicted molar refractivity (Wildman–Crippen MR) is 72.1 cm³/mol. The Labute approximate surface area is 115 Å². The highest BCUT2D eigenvalue weighted by Gasteiger charge is 2.10. The predicted octanol–water partition coefficient (Wildman–Crippen LogP) is 0.333. The molecule has 0 saturated heterocycles. The Balaban J connectivity index is 3.25. The molecule has 0 fully saturated rings. The van der Waals surface area contributed by atoms with Gasteiger partial charge in [-0.3, -0.25) is 4.79 Å². The molecule has 1 amide bonds. The SMILES string of the molecule is CC(C)(C)OCCC(=O)NCCOCCOCCO. The van der Waals surface area contributed by atoms with Crippen molar-refractivity contribution < 1.29 is 24.1 Å². The first kappa shape index (κ1) is 18.3. The maximum Gasteiger partial charge on any atom is 0.222 e. The topological polar surface area (TPSA) is 77.0 Å². The van der Waals surface area contributed by atoms with E-state index in [2.05, 4.69) is 5.32 Å². The molecule has 0 aromatic heterocycles. The number of rotatable bonds is 11. The van der Waals surface area contributed by atoms with Gasteiger partial charge in [-0.25, -0.2) is 0 Å². The van der Waals surface area contributed by atoms with Gasteiger partial charge in [0.1, 0.15) is 0 Å². The fourth-order valence-electron chi connectivity index (χ4n) is 1.19. The van der Waals surface area contributed by atoms with Gasteiger partial charge in [-0.05, 0) is 20.8 Å². The summed E-state index contributed by atoms with van der Waals surface area (Å²) in [5, 5.41) is 11.2. The molecular formula is C13H27NO5. The zero-order valence-electron chi connectivity index (χ0n) is 12.2. The van der Waals surface area contributed by atoms with Gasteiger partial charge in [-0.15, -0.1) is 0 Å². The van der Waals surface area contributed by atoms with Crippen molar-refractivity contribution in [1.82, 2.24) is 5.32 Å². The summed E-state index contributed by atoms with van der Waals surface area (Å²) in [5.74, 6) is -0.0376. The van der Waals surface area contributed by atoms with E-state index >= 15 is 0 Å². The molecule has 0 aliphatic carbocycles. The van der Waals surface area contributed by atoms with Crippen molar-refractivity contribution in [2.75, 3.05) is 46.2 Å². The fraction of sp³-hybridized carbons (Fsp3) is 0.923. The number of ether oxygens (including phenoxy) is 3. The molecule has 0 rings (SSSR count). The normalized spacial score (nSPS) is 11.6. The maximum absolute atomic E-state index is 11.4. The molecule has 0 aliphatic heterocycles. The van der Waals surface area contributed by atoms with E-state index in [1.165, 1.54) is 0 Å². The second kappa shape index (κ2) is 11.2. The average molecular weight is 277 g/mol. The Kier molecular flexibility index (Phi) is 10.8. The van der Waals surface area contributed by atoms with Crippen LogP contribution >= 0.6 is 0 Å². The van der Waals surface area contributed by atoms with Crippen LogP contribution in [0.25, 0.3) is 0 Å². The van der Waals surface area contributed by atoms with Crippen molar-refractivity contribution in [3.63, 3.8) is 0 Å². The van der Waals surface area contributed by atoms with Crippen LogP contribution < -0.4 is 5.32 Å². The lowest BCUT2D eigenvalue weighted by atomic mass is 10.2. The smallest absolute Gasteiger partial charge is 0.222 e. The van der Waals surface area contributed by atoms with Crippen LogP contribution in [-0.2, 0) is 19.0 Å². The van der Waals surface area contributed by atoms with Gasteiger partial charge in [0.05, 0.1) is 45.2 Å². The van der Waals surface area contributed by atoms with Crippen LogP contribution in [0.4, 0.5) is 0 Å². The number of carbonyl (C=O) groups excluding carboxylic acids is 1. The first-order chi connectivity index (χ1) is 8.95. The van der Waals surface area contributed by atoms with Crippen molar-refractivity contribution in [3.05, 3.63) is 0 Å². The fourth-order valence-corrected chi connectivity index (χ4v) is 1.19. The Bertz CT molecular complexity index is 228. The highest BCUT2D eigenvalue weighted by molar-refractivity contribution is 5.75. The summed E-state index contributed by atoms with van der Waals surface area (Å²) >= 11 is 0. The molecular weight excluding hydrogens is 250 g/mol. The number of amides is 1. The minimum absolute atomic E-state index is 0.0205. The first-order valence-corrected chi connectivity index (χ1v) is 6.62. The van der Waals surface area contributed by atoms with E-state index in [4.69, 9.17) is 19.3 Å². The third-order valence-electron chi connectivity index (χ3n) is 2.04. The summed E-state index contributed by atoms with van der Waals surface area (Å²) in [6.45, 7) is 8.48. The van der Waals surface area contributed by atoms with Crippen LogP contribution in [0.5, 0.6) is 0 Å². The van der Waals surface area contributed by atoms with Crippen LogP contribution in [0.3, 0.4) is 0 Å². The molecule has 0 aromatic carbocycles. The second-order valence-electron chi connectivity index (χ2n) is 5.01. The highest BCUT2D eigenvalue weighted by atomic mass is 16.5. The Morgan fingerprint density at radius 2 is 1.68 bits per heavy atom. The minimum Gasteiger partial charge on any atom is -0.394 e. The zero-order chi connectivity index (χ0) is 14.6. The summed E-state index contributed by atoms with van der Waals surface area (Å²) in [5.41, 5.74) is -0.210. The highest BCUT2D eigenvalue weighted by Crippen LogP contribution is 2.06. The van der Waals surface area contributed by atoms with E-state index in [0.29, 0.717) is 46.0 Å². The van der Waals surface area contributed by atoms with Gasteiger partial charge in [0.2, 0.25) is 5.91 Å². The number of hydrogen-bond acceptors (Lipinski definition) is 5. The molecule has 6 heteroatoms. The van der Waals surface area contributed by atoms with Crippen LogP contribution in [0, 0.1) is 0 Å². The van der Waals surface area contributed by atoms with Crippen molar-refractivity contribution >= 4 is 5.91 Å². The van der Waals surface area contributed by atoms with E-state index < -0.39 is 0 Å². The number of carbonyl (C=O) groups is 1. The lowest BCUT2D eigenvalue weighted by Crippen LogP contribution is -2.30. The number of aliphatic hydroxyl groups is 1. The number of hydrogen-bond donors (Lipinski definition) is 2. The lowest BCUT2D eigenvalue weighted by molar-refractivity contribution is -0.123. The quantitative estimate of drug-likeness (QED) is 0.532. The lowest BCUT2D eigenvalue weighted by Gasteiger charge is -2.19. The van der Waals surface area contributed by atoms with E-state index in [-0.39, 0.29) is 18.1 Å². The summed E-state index contributed by atoms with van der Waals surface area (Å²) in [6, 6.07) is 0. The van der Waals surface area contributed by atoms with Crippen molar-refractivity contribution in [3.8, 4) is 0 Å². The van der Waals surface area contributed by atoms with Crippen molar-refractivity contribution in [2.24, 2.45) is 0 Å². The molecule has 0 atom stereocenters. The summed E-state index contributed by atoms with van der Waals surface area (Å²) in [7, 11) is 0. The van der Waals surface area contributed by atoms with Gasteiger partial charge in [-0.1, -0.05) is 0 Å². The summed E-state index contributed by atoms with van der Waals surface area (Å²) in [4.78, 5) is 11.4. The zero-order valence-corrected chi connectivity index (χ0v) is 12.2. The van der Waals surface area contributed by atoms with Crippen LogP contribution in [-0.4, -0.2) is 62.8 Å². The van der Waals surface area contributed by atoms with Gasteiger partial charge in [0.25, 0.3) is 0 Å². The second-order valence-corrected chi connectivity index (χ2v) is 5.01. The van der Waals surface area contributed by atoms with Gasteiger partial charge >= 0.3 is 0 Å². The molecule has 0 spiro atoms. The Morgan fingerprint density at radius 3 is 2.26 bits per heavy atom. The third-order valence-corrected chi connectivity index (χ3v) is 2.04. The van der Waals surface area contributed by atoms with Gasteiger partial charge in [0, 0.05) is 13.0 Å². The Morgan fingerprint density at radius 1 is 1.05 bits per heavy atom. The first-order valence-electron chi connectivity index (χ1n) is 6.62. The monoisotopic (exact) mass is 277 g/mol. The summed E-state index contributed by atoms with van der Waals surface area (Å²) < 4.78 is 15.7. The molecule has 0 aliphatic rings. The Hall–Kier alpha value is -0.690. The van der Waals surface area contributed by atoms with Gasteiger partial charge in [-0.2, -0.15) is 0 Å². The molecule has 0 radical (unpaired) electrons. The van der Waals surface area contributed by atoms with Gasteiger partial charge in [0.15, 0.2) is 0 Å². The number of aliphatic hydroxyl groups excluding tert-OH is 1. The molecule has 0 bridgehead atoms. The average Bonchev–Trinajstić information content (AvgIpc) is 2.31. The molecule has 114 valence electrons. The van der Waals surface area contributed by atoms with Crippen molar-refractivity contribution in [2.45, 2.75) is 32.8 Å². The molecule has 6 nitrogen and oxygen atoms in total. The van der Waals surface area contributed by atoms with E-state index in [1.54, 1.807) is 0 Å². The summed E-state index contributed by atoms with van der Waals surface area (Å²) in [6.07, 6.45) is 0.358. The van der Waals surface area contributed by atoms with E-state index in [0.717, 1.165) is 0 Å². The molecule has 0 aromatic rings. The number of nitrogens with one attached hydrogen (secondary N) is 1. The minimum atomic E-state index is -0.210. The molecule has 2 N–H and O–H groups in total. The van der Waals surface area contributed by atoms with Crippen LogP contribution in [0.15, 0.2) is 0 Å². The third kappa shape index (κ3) is 15.3. The van der Waals surface area contributed by atoms with Crippen LogP contribution in [0.2, 0.25) is 0 Å². The van der Waals surface area contributed by atoms with Gasteiger partial charge < -0.3 is 24.6 Å². The molecule has 0 heterocycles. The largest absolute Gasteiger partial charge is 0.394 e.